The van der Waals surface area contributed by atoms with Crippen LogP contribution in [0.1, 0.15) is 0 Å². The molecule has 6 heteroatoms. The second-order valence-electron chi connectivity index (χ2n) is 3.46. The zero-order chi connectivity index (χ0) is 13.0. The van der Waals surface area contributed by atoms with Crippen LogP contribution in [-0.4, -0.2) is 11.0 Å². The van der Waals surface area contributed by atoms with Gasteiger partial charge in [0, 0.05) is 15.6 Å². The summed E-state index contributed by atoms with van der Waals surface area (Å²) in [7, 11) is 0. The number of pyridine rings is 1. The van der Waals surface area contributed by atoms with Crippen molar-refractivity contribution in [3.05, 3.63) is 47.1 Å². The zero-order valence-electron chi connectivity index (χ0n) is 9.22. The van der Waals surface area contributed by atoms with Crippen LogP contribution in [0.4, 0.5) is 16.3 Å². The number of halogens is 1. The van der Waals surface area contributed by atoms with Gasteiger partial charge in [0.1, 0.15) is 5.82 Å². The Labute approximate surface area is 118 Å². The Morgan fingerprint density at radius 3 is 2.61 bits per heavy atom. The number of aromatic nitrogens is 1. The van der Waals surface area contributed by atoms with Gasteiger partial charge in [-0.05, 0) is 40.2 Å². The van der Waals surface area contributed by atoms with Crippen LogP contribution in [0.3, 0.4) is 0 Å². The summed E-state index contributed by atoms with van der Waals surface area (Å²) in [5, 5.41) is 5.32. The number of hydrogen-bond donors (Lipinski definition) is 3. The fraction of sp³-hybridized carbons (Fsp3) is 0. The third kappa shape index (κ3) is 3.48. The van der Waals surface area contributed by atoms with Gasteiger partial charge in [0.2, 0.25) is 0 Å². The van der Waals surface area contributed by atoms with E-state index in [2.05, 4.69) is 44.2 Å². The summed E-state index contributed by atoms with van der Waals surface area (Å²) in [6.07, 6.45) is 1.61. The minimum absolute atomic E-state index is 0.355. The monoisotopic (exact) mass is 323 g/mol. The van der Waals surface area contributed by atoms with Crippen molar-refractivity contribution in [2.24, 2.45) is 0 Å². The van der Waals surface area contributed by atoms with E-state index in [1.165, 1.54) is 0 Å². The van der Waals surface area contributed by atoms with E-state index in [1.54, 1.807) is 30.5 Å². The van der Waals surface area contributed by atoms with Crippen molar-refractivity contribution in [2.45, 2.75) is 4.90 Å². The van der Waals surface area contributed by atoms with Crippen LogP contribution in [0.5, 0.6) is 0 Å². The predicted octanol–water partition coefficient (Wildman–Crippen LogP) is 3.78. The second-order valence-corrected chi connectivity index (χ2v) is 4.86. The molecule has 1 aromatic heterocycles. The van der Waals surface area contributed by atoms with Gasteiger partial charge in [0.15, 0.2) is 0 Å². The molecule has 18 heavy (non-hydrogen) atoms. The quantitative estimate of drug-likeness (QED) is 0.737. The number of para-hydroxylation sites is 1. The van der Waals surface area contributed by atoms with Crippen molar-refractivity contribution < 1.29 is 4.79 Å². The van der Waals surface area contributed by atoms with Gasteiger partial charge in [-0.1, -0.05) is 12.1 Å². The van der Waals surface area contributed by atoms with Crippen LogP contribution in [0, 0.1) is 0 Å². The molecule has 2 rings (SSSR count). The van der Waals surface area contributed by atoms with Gasteiger partial charge in [-0.15, -0.1) is 12.6 Å². The largest absolute Gasteiger partial charge is 0.324 e. The molecular weight excluding hydrogens is 314 g/mol. The fourth-order valence-corrected chi connectivity index (χ4v) is 1.75. The van der Waals surface area contributed by atoms with Crippen LogP contribution in [-0.2, 0) is 0 Å². The lowest BCUT2D eigenvalue weighted by molar-refractivity contribution is 0.262. The molecule has 1 heterocycles. The maximum Gasteiger partial charge on any atom is 0.324 e. The fourth-order valence-electron chi connectivity index (χ4n) is 1.30. The average molecular weight is 324 g/mol. The molecule has 1 aromatic carbocycles. The van der Waals surface area contributed by atoms with Crippen molar-refractivity contribution in [3.8, 4) is 0 Å². The SMILES string of the molecule is O=C(Nc1ccc(Br)cn1)Nc1ccccc1S. The highest BCUT2D eigenvalue weighted by molar-refractivity contribution is 9.10. The first-order chi connectivity index (χ1) is 8.65. The standard InChI is InChI=1S/C12H10BrN3OS/c13-8-5-6-11(14-7-8)16-12(17)15-9-3-1-2-4-10(9)18/h1-7,18H,(H2,14,15,16,17). The predicted molar refractivity (Wildman–Crippen MR) is 78.3 cm³/mol. The summed E-state index contributed by atoms with van der Waals surface area (Å²) in [4.78, 5) is 16.5. The minimum atomic E-state index is -0.355. The lowest BCUT2D eigenvalue weighted by Gasteiger charge is -2.08. The maximum atomic E-state index is 11.7. The maximum absolute atomic E-state index is 11.7. The van der Waals surface area contributed by atoms with E-state index in [9.17, 15) is 4.79 Å². The molecule has 0 spiro atoms. The highest BCUT2D eigenvalue weighted by Crippen LogP contribution is 2.18. The third-order valence-corrected chi connectivity index (χ3v) is 2.98. The van der Waals surface area contributed by atoms with E-state index in [-0.39, 0.29) is 6.03 Å². The number of hydrogen-bond acceptors (Lipinski definition) is 3. The highest BCUT2D eigenvalue weighted by atomic mass is 79.9. The van der Waals surface area contributed by atoms with Crippen LogP contribution < -0.4 is 10.6 Å². The van der Waals surface area contributed by atoms with Crippen LogP contribution >= 0.6 is 28.6 Å². The summed E-state index contributed by atoms with van der Waals surface area (Å²) in [6.45, 7) is 0. The van der Waals surface area contributed by atoms with Crippen molar-refractivity contribution in [2.75, 3.05) is 10.6 Å². The summed E-state index contributed by atoms with van der Waals surface area (Å²) in [6, 6.07) is 10.4. The van der Waals surface area contributed by atoms with Crippen LogP contribution in [0.2, 0.25) is 0 Å². The molecule has 0 radical (unpaired) electrons. The molecule has 0 saturated carbocycles. The number of benzene rings is 1. The van der Waals surface area contributed by atoms with Crippen molar-refractivity contribution >= 4 is 46.1 Å². The third-order valence-electron chi connectivity index (χ3n) is 2.12. The minimum Gasteiger partial charge on any atom is -0.307 e. The second kappa shape index (κ2) is 5.88. The summed E-state index contributed by atoms with van der Waals surface area (Å²) in [5.41, 5.74) is 0.649. The number of rotatable bonds is 2. The normalized spacial score (nSPS) is 9.89. The van der Waals surface area contributed by atoms with E-state index in [4.69, 9.17) is 0 Å². The Kier molecular flexibility index (Phi) is 4.22. The lowest BCUT2D eigenvalue weighted by Crippen LogP contribution is -2.20. The van der Waals surface area contributed by atoms with Gasteiger partial charge in [0.05, 0.1) is 5.69 Å². The van der Waals surface area contributed by atoms with E-state index < -0.39 is 0 Å². The topological polar surface area (TPSA) is 54.0 Å². The van der Waals surface area contributed by atoms with E-state index >= 15 is 0 Å². The van der Waals surface area contributed by atoms with Gasteiger partial charge in [-0.3, -0.25) is 5.32 Å². The summed E-state index contributed by atoms with van der Waals surface area (Å²) >= 11 is 7.52. The first-order valence-electron chi connectivity index (χ1n) is 5.13. The Morgan fingerprint density at radius 1 is 1.17 bits per heavy atom. The molecule has 2 amide bonds. The van der Waals surface area contributed by atoms with Crippen molar-refractivity contribution in [1.82, 2.24) is 4.98 Å². The lowest BCUT2D eigenvalue weighted by atomic mass is 10.3. The molecular formula is C12H10BrN3OS. The number of amides is 2. The first-order valence-corrected chi connectivity index (χ1v) is 6.37. The van der Waals surface area contributed by atoms with E-state index in [1.807, 2.05) is 12.1 Å². The van der Waals surface area contributed by atoms with Crippen LogP contribution in [0.15, 0.2) is 52.0 Å². The first kappa shape index (κ1) is 12.9. The van der Waals surface area contributed by atoms with E-state index in [0.29, 0.717) is 16.4 Å². The van der Waals surface area contributed by atoms with Gasteiger partial charge in [-0.2, -0.15) is 0 Å². The molecule has 0 aliphatic carbocycles. The number of thiol groups is 1. The Bertz CT molecular complexity index is 560. The number of nitrogens with one attached hydrogen (secondary N) is 2. The molecule has 92 valence electrons. The smallest absolute Gasteiger partial charge is 0.307 e. The molecule has 2 aromatic rings. The molecule has 0 atom stereocenters. The molecule has 0 bridgehead atoms. The Morgan fingerprint density at radius 2 is 1.94 bits per heavy atom. The molecule has 0 fully saturated rings. The van der Waals surface area contributed by atoms with Crippen LogP contribution in [0.25, 0.3) is 0 Å². The molecule has 0 aliphatic rings. The van der Waals surface area contributed by atoms with Gasteiger partial charge < -0.3 is 5.32 Å². The summed E-state index contributed by atoms with van der Waals surface area (Å²) < 4.78 is 0.856. The average Bonchev–Trinajstić information content (AvgIpc) is 2.35. The van der Waals surface area contributed by atoms with Gasteiger partial charge in [0.25, 0.3) is 0 Å². The van der Waals surface area contributed by atoms with Gasteiger partial charge >= 0.3 is 6.03 Å². The van der Waals surface area contributed by atoms with Crippen molar-refractivity contribution in [3.63, 3.8) is 0 Å². The van der Waals surface area contributed by atoms with Gasteiger partial charge in [-0.25, -0.2) is 9.78 Å². The number of nitrogens with zero attached hydrogens (tertiary/aromatic N) is 1. The number of carbonyl (C=O) groups excluding carboxylic acids is 1. The molecule has 0 unspecified atom stereocenters. The number of urea groups is 1. The van der Waals surface area contributed by atoms with E-state index in [0.717, 1.165) is 4.47 Å². The summed E-state index contributed by atoms with van der Waals surface area (Å²) in [5.74, 6) is 0.479. The number of anilines is 2. The highest BCUT2D eigenvalue weighted by Gasteiger charge is 2.05. The van der Waals surface area contributed by atoms with Crippen molar-refractivity contribution in [1.29, 1.82) is 0 Å². The molecule has 2 N–H and O–H groups in total. The molecule has 0 saturated heterocycles. The Hall–Kier alpha value is -1.53. The zero-order valence-corrected chi connectivity index (χ0v) is 11.7. The molecule has 0 aliphatic heterocycles. The molecule has 4 nitrogen and oxygen atoms in total. The number of carbonyl (C=O) groups is 1. The Balaban J connectivity index is 2.01.